The smallest absolute Gasteiger partial charge is 0.414 e. The Morgan fingerprint density at radius 1 is 0.600 bits per heavy atom. The van der Waals surface area contributed by atoms with Gasteiger partial charge in [0.1, 0.15) is 11.2 Å². The average Bonchev–Trinajstić information content (AvgIpc) is 3.25. The van der Waals surface area contributed by atoms with Crippen molar-refractivity contribution in [1.82, 2.24) is 19.8 Å². The van der Waals surface area contributed by atoms with Gasteiger partial charge in [-0.15, -0.1) is 0 Å². The van der Waals surface area contributed by atoms with Gasteiger partial charge in [0.15, 0.2) is 0 Å². The van der Waals surface area contributed by atoms with Crippen molar-refractivity contribution in [3.8, 4) is 11.8 Å². The maximum absolute atomic E-state index is 12.7. The van der Waals surface area contributed by atoms with Crippen molar-refractivity contribution in [3.63, 3.8) is 0 Å². The van der Waals surface area contributed by atoms with Gasteiger partial charge in [0.2, 0.25) is 5.82 Å². The highest BCUT2D eigenvalue weighted by molar-refractivity contribution is 5.88. The van der Waals surface area contributed by atoms with E-state index in [-0.39, 0.29) is 25.6 Å². The van der Waals surface area contributed by atoms with Crippen LogP contribution in [0.1, 0.15) is 102 Å². The molecule has 16 nitrogen and oxygen atoms in total. The highest BCUT2D eigenvalue weighted by Crippen LogP contribution is 2.20. The van der Waals surface area contributed by atoms with E-state index in [4.69, 9.17) is 23.7 Å². The summed E-state index contributed by atoms with van der Waals surface area (Å²) < 4.78 is 26.3. The molecule has 0 aliphatic heterocycles. The summed E-state index contributed by atoms with van der Waals surface area (Å²) in [7, 11) is 7.87. The van der Waals surface area contributed by atoms with Gasteiger partial charge in [0.25, 0.3) is 0 Å². The number of anilines is 2. The number of aromatic nitrogens is 2. The zero-order valence-electron chi connectivity index (χ0n) is 39.6. The lowest BCUT2D eigenvalue weighted by atomic mass is 10.1. The van der Waals surface area contributed by atoms with E-state index in [0.29, 0.717) is 67.4 Å². The molecule has 0 N–H and O–H groups in total. The third kappa shape index (κ3) is 20.0. The van der Waals surface area contributed by atoms with Gasteiger partial charge in [0.05, 0.1) is 31.7 Å². The summed E-state index contributed by atoms with van der Waals surface area (Å²) in [5.74, 6) is 6.07. The number of hydrogen-bond donors (Lipinski definition) is 0. The summed E-state index contributed by atoms with van der Waals surface area (Å²) in [5, 5.41) is 0. The minimum Gasteiger partial charge on any atom is -0.469 e. The second-order valence-corrected chi connectivity index (χ2v) is 17.0. The number of benzene rings is 2. The van der Waals surface area contributed by atoms with Gasteiger partial charge in [-0.05, 0) is 120 Å². The fourth-order valence-electron chi connectivity index (χ4n) is 5.45. The number of nitrogens with zero attached hydrogens (tertiary/aromatic N) is 6. The Hall–Kier alpha value is -6.89. The van der Waals surface area contributed by atoms with Crippen molar-refractivity contribution < 1.29 is 47.7 Å². The number of ether oxygens (including phenoxy) is 5. The molecule has 1 heterocycles. The number of hydrogen-bond acceptors (Lipinski definition) is 12. The molecule has 0 saturated heterocycles. The molecule has 0 bridgehead atoms. The highest BCUT2D eigenvalue weighted by Gasteiger charge is 2.21. The van der Waals surface area contributed by atoms with Gasteiger partial charge in [-0.25, -0.2) is 29.1 Å². The Morgan fingerprint density at radius 3 is 1.40 bits per heavy atom. The summed E-state index contributed by atoms with van der Waals surface area (Å²) in [4.78, 5) is 76.3. The van der Waals surface area contributed by atoms with Crippen LogP contribution in [0.25, 0.3) is 24.3 Å². The largest absolute Gasteiger partial charge is 0.469 e. The standard InChI is InChI=1S/C49H64N6O10/c1-48(2,3)64-44(57)52(7)31-15-33-62-46(59)54(9)40-27-21-36(22-28-40)19-25-38-35-39(51-42(50-38)17-13-12-14-18-43(56)61-11)26-20-37-23-29-41(30-24-37)55(10)47(60)63-34-16-32-53(8)45(58)65-49(4,5)6/h19-30,35H,12,14-16,18,31-34H2,1-11H3/b25-19+,26-20+. The Kier molecular flexibility index (Phi) is 20.5. The van der Waals surface area contributed by atoms with Crippen LogP contribution >= 0.6 is 0 Å². The number of esters is 1. The number of rotatable bonds is 17. The van der Waals surface area contributed by atoms with Crippen molar-refractivity contribution in [3.05, 3.63) is 82.9 Å². The quantitative estimate of drug-likeness (QED) is 0.0546. The molecule has 16 heteroatoms. The van der Waals surface area contributed by atoms with E-state index < -0.39 is 35.6 Å². The Balaban J connectivity index is 1.65. The van der Waals surface area contributed by atoms with E-state index in [1.165, 1.54) is 26.7 Å². The molecule has 3 rings (SSSR count). The number of carbonyl (C=O) groups is 5. The summed E-state index contributed by atoms with van der Waals surface area (Å²) >= 11 is 0. The first-order valence-electron chi connectivity index (χ1n) is 21.3. The van der Waals surface area contributed by atoms with Crippen molar-refractivity contribution in [2.45, 2.75) is 84.8 Å². The Bertz CT molecular complexity index is 2050. The molecule has 0 spiro atoms. The number of methoxy groups -OCH3 is 1. The maximum Gasteiger partial charge on any atom is 0.414 e. The van der Waals surface area contributed by atoms with Crippen molar-refractivity contribution in [2.75, 3.05) is 71.4 Å². The predicted molar refractivity (Wildman–Crippen MR) is 252 cm³/mol. The van der Waals surface area contributed by atoms with Crippen LogP contribution < -0.4 is 9.80 Å². The normalized spacial score (nSPS) is 11.3. The lowest BCUT2D eigenvalue weighted by Crippen LogP contribution is -2.35. The van der Waals surface area contributed by atoms with E-state index in [9.17, 15) is 24.0 Å². The predicted octanol–water partition coefficient (Wildman–Crippen LogP) is 9.17. The van der Waals surface area contributed by atoms with Crippen molar-refractivity contribution in [1.29, 1.82) is 0 Å². The lowest BCUT2D eigenvalue weighted by Gasteiger charge is -2.24. The first-order valence-corrected chi connectivity index (χ1v) is 21.3. The molecule has 0 aliphatic carbocycles. The molecule has 3 aromatic rings. The van der Waals surface area contributed by atoms with Crippen LogP contribution in [0.4, 0.5) is 30.6 Å². The average molecular weight is 897 g/mol. The molecular weight excluding hydrogens is 833 g/mol. The number of carbonyl (C=O) groups excluding carboxylic acids is 5. The summed E-state index contributed by atoms with van der Waals surface area (Å²) in [6, 6.07) is 16.5. The van der Waals surface area contributed by atoms with E-state index in [1.807, 2.05) is 54.6 Å². The van der Waals surface area contributed by atoms with Crippen LogP contribution in [-0.2, 0) is 28.5 Å². The summed E-state index contributed by atoms with van der Waals surface area (Å²) in [5.41, 5.74) is 2.99. The first kappa shape index (κ1) is 52.5. The van der Waals surface area contributed by atoms with Gasteiger partial charge >= 0.3 is 30.3 Å². The van der Waals surface area contributed by atoms with E-state index in [1.54, 1.807) is 94.0 Å². The zero-order chi connectivity index (χ0) is 48.2. The second kappa shape index (κ2) is 25.4. The van der Waals surface area contributed by atoms with Crippen molar-refractivity contribution >= 4 is 66.0 Å². The molecule has 1 aromatic heterocycles. The summed E-state index contributed by atoms with van der Waals surface area (Å²) in [6.07, 6.45) is 7.70. The highest BCUT2D eigenvalue weighted by atomic mass is 16.6. The first-order chi connectivity index (χ1) is 30.6. The molecule has 2 aromatic carbocycles. The fraction of sp³-hybridized carbons (Fsp3) is 0.449. The van der Waals surface area contributed by atoms with E-state index in [0.717, 1.165) is 11.1 Å². The van der Waals surface area contributed by atoms with Gasteiger partial charge in [0, 0.05) is 65.5 Å². The molecule has 0 radical (unpaired) electrons. The number of amides is 4. The Morgan fingerprint density at radius 2 is 1.02 bits per heavy atom. The molecule has 65 heavy (non-hydrogen) atoms. The van der Waals surface area contributed by atoms with Crippen LogP contribution in [0.5, 0.6) is 0 Å². The second-order valence-electron chi connectivity index (χ2n) is 17.0. The molecule has 350 valence electrons. The topological polar surface area (TPSA) is 170 Å². The van der Waals surface area contributed by atoms with Crippen LogP contribution in [-0.4, -0.2) is 123 Å². The van der Waals surface area contributed by atoms with Gasteiger partial charge < -0.3 is 33.5 Å². The SMILES string of the molecule is COC(=O)CCCC#Cc1nc(/C=C/c2ccc(N(C)C(=O)OCCCN(C)C(=O)OC(C)(C)C)cc2)cc(/C=C/c2ccc(N(C)C(=O)OCCCN(C)C(=O)OC(C)(C)C)cc2)n1. The van der Waals surface area contributed by atoms with E-state index in [2.05, 4.69) is 21.8 Å². The van der Waals surface area contributed by atoms with Gasteiger partial charge in [-0.1, -0.05) is 42.3 Å². The van der Waals surface area contributed by atoms with Crippen molar-refractivity contribution in [2.24, 2.45) is 0 Å². The summed E-state index contributed by atoms with van der Waals surface area (Å²) in [6.45, 7) is 11.8. The fourth-order valence-corrected chi connectivity index (χ4v) is 5.45. The zero-order valence-corrected chi connectivity index (χ0v) is 39.6. The minimum atomic E-state index is -0.594. The molecule has 4 amide bonds. The van der Waals surface area contributed by atoms with Crippen LogP contribution in [0.15, 0.2) is 54.6 Å². The molecule has 0 fully saturated rings. The molecule has 0 unspecified atom stereocenters. The molecular formula is C49H64N6O10. The molecule has 0 atom stereocenters. The third-order valence-corrected chi connectivity index (χ3v) is 9.02. The van der Waals surface area contributed by atoms with Gasteiger partial charge in [-0.3, -0.25) is 14.6 Å². The number of unbranched alkanes of at least 4 members (excludes halogenated alkanes) is 1. The lowest BCUT2D eigenvalue weighted by molar-refractivity contribution is -0.140. The van der Waals surface area contributed by atoms with Crippen LogP contribution in [0, 0.1) is 11.8 Å². The maximum atomic E-state index is 12.7. The van der Waals surface area contributed by atoms with Crippen LogP contribution in [0.2, 0.25) is 0 Å². The third-order valence-electron chi connectivity index (χ3n) is 9.02. The minimum absolute atomic E-state index is 0.135. The molecule has 0 saturated carbocycles. The van der Waals surface area contributed by atoms with Gasteiger partial charge in [-0.2, -0.15) is 0 Å². The molecule has 0 aliphatic rings. The van der Waals surface area contributed by atoms with Crippen LogP contribution in [0.3, 0.4) is 0 Å². The van der Waals surface area contributed by atoms with E-state index >= 15 is 0 Å². The monoisotopic (exact) mass is 896 g/mol. The Labute approximate surface area is 383 Å².